The number of hydrogen-bond acceptors (Lipinski definition) is 4. The van der Waals surface area contributed by atoms with Crippen LogP contribution < -0.4 is 0 Å². The molecule has 0 fully saturated rings. The SMILES string of the molecule is CS(=O)c1ncc(Cl)c(C(=O)O)n1. The molecule has 1 atom stereocenters. The van der Waals surface area contributed by atoms with Crippen molar-refractivity contribution in [2.45, 2.75) is 5.16 Å². The summed E-state index contributed by atoms with van der Waals surface area (Å²) in [6, 6.07) is 0. The van der Waals surface area contributed by atoms with Crippen molar-refractivity contribution in [1.82, 2.24) is 9.97 Å². The van der Waals surface area contributed by atoms with Crippen molar-refractivity contribution in [3.63, 3.8) is 0 Å². The Bertz CT molecular complexity index is 382. The molecule has 0 bridgehead atoms. The molecule has 0 saturated carbocycles. The molecular formula is C6H5ClN2O3S. The van der Waals surface area contributed by atoms with Crippen molar-refractivity contribution in [2.24, 2.45) is 0 Å². The van der Waals surface area contributed by atoms with E-state index in [1.165, 1.54) is 6.26 Å². The maximum absolute atomic E-state index is 10.9. The van der Waals surface area contributed by atoms with Gasteiger partial charge in [0.2, 0.25) is 5.16 Å². The molecule has 0 aliphatic heterocycles. The molecular weight excluding hydrogens is 216 g/mol. The zero-order valence-corrected chi connectivity index (χ0v) is 8.09. The summed E-state index contributed by atoms with van der Waals surface area (Å²) in [6.45, 7) is 0. The van der Waals surface area contributed by atoms with Crippen LogP contribution in [0.1, 0.15) is 10.5 Å². The highest BCUT2D eigenvalue weighted by Crippen LogP contribution is 2.12. The van der Waals surface area contributed by atoms with Gasteiger partial charge in [-0.05, 0) is 0 Å². The zero-order valence-electron chi connectivity index (χ0n) is 6.52. The number of rotatable bonds is 2. The van der Waals surface area contributed by atoms with Gasteiger partial charge in [0, 0.05) is 6.26 Å². The van der Waals surface area contributed by atoms with Crippen LogP contribution in [0.15, 0.2) is 11.4 Å². The Morgan fingerprint density at radius 2 is 2.31 bits per heavy atom. The van der Waals surface area contributed by atoms with Crippen molar-refractivity contribution in [2.75, 3.05) is 6.26 Å². The number of hydrogen-bond donors (Lipinski definition) is 1. The second kappa shape index (κ2) is 3.80. The number of aromatic nitrogens is 2. The quantitative estimate of drug-likeness (QED) is 0.737. The first-order valence-electron chi connectivity index (χ1n) is 3.11. The third-order valence-electron chi connectivity index (χ3n) is 1.18. The molecule has 0 aromatic carbocycles. The maximum Gasteiger partial charge on any atom is 0.356 e. The van der Waals surface area contributed by atoms with E-state index in [9.17, 15) is 9.00 Å². The maximum atomic E-state index is 10.9. The lowest BCUT2D eigenvalue weighted by atomic mass is 10.4. The van der Waals surface area contributed by atoms with Crippen molar-refractivity contribution < 1.29 is 14.1 Å². The minimum absolute atomic E-state index is 0.0400. The second-order valence-electron chi connectivity index (χ2n) is 2.11. The Labute approximate surface area is 81.2 Å². The Morgan fingerprint density at radius 1 is 1.69 bits per heavy atom. The molecule has 70 valence electrons. The molecule has 0 amide bonds. The van der Waals surface area contributed by atoms with E-state index in [1.54, 1.807) is 0 Å². The summed E-state index contributed by atoms with van der Waals surface area (Å²) in [6.07, 6.45) is 2.48. The Morgan fingerprint density at radius 3 is 2.77 bits per heavy atom. The lowest BCUT2D eigenvalue weighted by Gasteiger charge is -1.98. The first-order valence-corrected chi connectivity index (χ1v) is 5.05. The van der Waals surface area contributed by atoms with Gasteiger partial charge < -0.3 is 5.11 Å². The first kappa shape index (κ1) is 10.1. The first-order chi connectivity index (χ1) is 6.02. The van der Waals surface area contributed by atoms with Gasteiger partial charge in [-0.3, -0.25) is 4.21 Å². The highest BCUT2D eigenvalue weighted by molar-refractivity contribution is 7.84. The molecule has 0 aliphatic carbocycles. The van der Waals surface area contributed by atoms with Gasteiger partial charge in [0.05, 0.1) is 22.0 Å². The van der Waals surface area contributed by atoms with E-state index in [1.807, 2.05) is 0 Å². The van der Waals surface area contributed by atoms with Gasteiger partial charge in [0.25, 0.3) is 0 Å². The molecule has 1 heterocycles. The zero-order chi connectivity index (χ0) is 10.0. The fourth-order valence-corrected chi connectivity index (χ4v) is 1.23. The van der Waals surface area contributed by atoms with Gasteiger partial charge in [-0.2, -0.15) is 0 Å². The topological polar surface area (TPSA) is 80.2 Å². The van der Waals surface area contributed by atoms with Gasteiger partial charge >= 0.3 is 5.97 Å². The fourth-order valence-electron chi connectivity index (χ4n) is 0.639. The van der Waals surface area contributed by atoms with E-state index >= 15 is 0 Å². The summed E-state index contributed by atoms with van der Waals surface area (Å²) in [7, 11) is -1.41. The van der Waals surface area contributed by atoms with Crippen molar-refractivity contribution in [3.8, 4) is 0 Å². The largest absolute Gasteiger partial charge is 0.476 e. The molecule has 1 unspecified atom stereocenters. The van der Waals surface area contributed by atoms with Crippen LogP contribution in [-0.2, 0) is 10.8 Å². The van der Waals surface area contributed by atoms with Crippen LogP contribution in [-0.4, -0.2) is 31.5 Å². The van der Waals surface area contributed by atoms with Crippen LogP contribution in [0.3, 0.4) is 0 Å². The number of carbonyl (C=O) groups is 1. The highest BCUT2D eigenvalue weighted by atomic mass is 35.5. The van der Waals surface area contributed by atoms with Gasteiger partial charge in [0.15, 0.2) is 5.69 Å². The molecule has 0 saturated heterocycles. The average molecular weight is 221 g/mol. The van der Waals surface area contributed by atoms with Gasteiger partial charge in [-0.15, -0.1) is 0 Å². The predicted octanol–water partition coefficient (Wildman–Crippen LogP) is 0.566. The van der Waals surface area contributed by atoms with Crippen molar-refractivity contribution in [1.29, 1.82) is 0 Å². The third kappa shape index (κ3) is 2.22. The molecule has 0 aliphatic rings. The minimum Gasteiger partial charge on any atom is -0.476 e. The number of nitrogens with zero attached hydrogens (tertiary/aromatic N) is 2. The minimum atomic E-state index is -1.41. The number of halogens is 1. The van der Waals surface area contributed by atoms with E-state index in [4.69, 9.17) is 16.7 Å². The smallest absolute Gasteiger partial charge is 0.356 e. The Balaban J connectivity index is 3.27. The summed E-state index contributed by atoms with van der Waals surface area (Å²) < 4.78 is 10.9. The fraction of sp³-hybridized carbons (Fsp3) is 0.167. The van der Waals surface area contributed by atoms with Crippen molar-refractivity contribution in [3.05, 3.63) is 16.9 Å². The molecule has 7 heteroatoms. The van der Waals surface area contributed by atoms with E-state index < -0.39 is 16.8 Å². The third-order valence-corrected chi connectivity index (χ3v) is 2.17. The van der Waals surface area contributed by atoms with Crippen LogP contribution in [0.5, 0.6) is 0 Å². The summed E-state index contributed by atoms with van der Waals surface area (Å²) >= 11 is 5.49. The van der Waals surface area contributed by atoms with Crippen LogP contribution in [0, 0.1) is 0 Å². The average Bonchev–Trinajstić information content (AvgIpc) is 2.04. The number of carboxylic acid groups (broad SMARTS) is 1. The number of aromatic carboxylic acids is 1. The molecule has 0 radical (unpaired) electrons. The van der Waals surface area contributed by atoms with E-state index in [2.05, 4.69) is 9.97 Å². The van der Waals surface area contributed by atoms with Crippen LogP contribution >= 0.6 is 11.6 Å². The van der Waals surface area contributed by atoms with Gasteiger partial charge in [0.1, 0.15) is 0 Å². The van der Waals surface area contributed by atoms with E-state index in [-0.39, 0.29) is 15.9 Å². The van der Waals surface area contributed by atoms with E-state index in [0.29, 0.717) is 0 Å². The van der Waals surface area contributed by atoms with E-state index in [0.717, 1.165) is 6.20 Å². The molecule has 1 N–H and O–H groups in total. The second-order valence-corrected chi connectivity index (χ2v) is 3.79. The lowest BCUT2D eigenvalue weighted by molar-refractivity contribution is 0.0689. The molecule has 0 spiro atoms. The van der Waals surface area contributed by atoms with Crippen LogP contribution in [0.4, 0.5) is 0 Å². The van der Waals surface area contributed by atoms with Crippen LogP contribution in [0.25, 0.3) is 0 Å². The summed E-state index contributed by atoms with van der Waals surface area (Å²) in [5.74, 6) is -1.26. The molecule has 1 rings (SSSR count). The summed E-state index contributed by atoms with van der Waals surface area (Å²) in [4.78, 5) is 17.7. The lowest BCUT2D eigenvalue weighted by Crippen LogP contribution is -2.06. The normalized spacial score (nSPS) is 12.5. The highest BCUT2D eigenvalue weighted by Gasteiger charge is 2.13. The van der Waals surface area contributed by atoms with Crippen LogP contribution in [0.2, 0.25) is 5.02 Å². The molecule has 13 heavy (non-hydrogen) atoms. The Hall–Kier alpha value is -1.01. The Kier molecular flexibility index (Phi) is 2.94. The monoisotopic (exact) mass is 220 g/mol. The summed E-state index contributed by atoms with van der Waals surface area (Å²) in [5.41, 5.74) is -0.332. The summed E-state index contributed by atoms with van der Waals surface area (Å²) in [5, 5.41) is 8.49. The molecule has 1 aromatic heterocycles. The van der Waals surface area contributed by atoms with Gasteiger partial charge in [-0.1, -0.05) is 11.6 Å². The number of carboxylic acids is 1. The molecule has 1 aromatic rings. The predicted molar refractivity (Wildman–Crippen MR) is 46.3 cm³/mol. The molecule has 5 nitrogen and oxygen atoms in total. The standard InChI is InChI=1S/C6H5ClN2O3S/c1-13(12)6-8-2-3(7)4(9-6)5(10)11/h2H,1H3,(H,10,11). The van der Waals surface area contributed by atoms with Crippen molar-refractivity contribution >= 4 is 28.4 Å². The van der Waals surface area contributed by atoms with Gasteiger partial charge in [-0.25, -0.2) is 14.8 Å².